The van der Waals surface area contributed by atoms with Crippen LogP contribution in [0, 0.1) is 11.8 Å². The lowest BCUT2D eigenvalue weighted by Gasteiger charge is -2.38. The van der Waals surface area contributed by atoms with Crippen molar-refractivity contribution in [3.05, 3.63) is 0 Å². The highest BCUT2D eigenvalue weighted by Gasteiger charge is 2.30. The maximum Gasteiger partial charge on any atom is 0.223 e. The first kappa shape index (κ1) is 15.7. The molecule has 3 atom stereocenters. The zero-order chi connectivity index (χ0) is 12.3. The summed E-state index contributed by atoms with van der Waals surface area (Å²) in [6, 6.07) is 0.258. The SMILES string of the molecule is CC1CCN(C(=O)CC2CCOC2)C(CN)C1.Cl. The summed E-state index contributed by atoms with van der Waals surface area (Å²) in [5, 5.41) is 0. The Morgan fingerprint density at radius 2 is 2.22 bits per heavy atom. The Morgan fingerprint density at radius 1 is 1.44 bits per heavy atom. The largest absolute Gasteiger partial charge is 0.381 e. The van der Waals surface area contributed by atoms with E-state index in [1.165, 1.54) is 0 Å². The number of carbonyl (C=O) groups is 1. The molecule has 0 aromatic carbocycles. The Balaban J connectivity index is 0.00000162. The van der Waals surface area contributed by atoms with Gasteiger partial charge in [0.15, 0.2) is 0 Å². The first-order valence-electron chi connectivity index (χ1n) is 6.78. The minimum absolute atomic E-state index is 0. The molecule has 106 valence electrons. The third-order valence-electron chi connectivity index (χ3n) is 4.06. The van der Waals surface area contributed by atoms with Gasteiger partial charge in [0.1, 0.15) is 0 Å². The number of amides is 1. The van der Waals surface area contributed by atoms with Crippen LogP contribution in [-0.2, 0) is 9.53 Å². The van der Waals surface area contributed by atoms with Crippen molar-refractivity contribution in [2.45, 2.75) is 38.6 Å². The van der Waals surface area contributed by atoms with Crippen LogP contribution in [0.1, 0.15) is 32.6 Å². The number of carbonyl (C=O) groups excluding carboxylic acids is 1. The average molecular weight is 277 g/mol. The third kappa shape index (κ3) is 3.84. The molecule has 0 bridgehead atoms. The lowest BCUT2D eigenvalue weighted by molar-refractivity contribution is -0.136. The molecule has 0 aromatic rings. The van der Waals surface area contributed by atoms with E-state index in [0.29, 0.717) is 24.8 Å². The molecule has 2 aliphatic heterocycles. The Kier molecular flexibility index (Phi) is 6.39. The van der Waals surface area contributed by atoms with Crippen molar-refractivity contribution in [1.82, 2.24) is 4.90 Å². The first-order valence-corrected chi connectivity index (χ1v) is 6.78. The highest BCUT2D eigenvalue weighted by molar-refractivity contribution is 5.85. The minimum atomic E-state index is 0. The number of nitrogens with two attached hydrogens (primary N) is 1. The molecular formula is C13H25ClN2O2. The topological polar surface area (TPSA) is 55.6 Å². The van der Waals surface area contributed by atoms with E-state index in [1.807, 2.05) is 4.90 Å². The fraction of sp³-hybridized carbons (Fsp3) is 0.923. The van der Waals surface area contributed by atoms with Crippen molar-refractivity contribution in [3.8, 4) is 0 Å². The molecule has 2 saturated heterocycles. The number of rotatable bonds is 3. The van der Waals surface area contributed by atoms with E-state index in [2.05, 4.69) is 6.92 Å². The number of hydrogen-bond acceptors (Lipinski definition) is 3. The van der Waals surface area contributed by atoms with Crippen molar-refractivity contribution in [2.24, 2.45) is 17.6 Å². The van der Waals surface area contributed by atoms with E-state index < -0.39 is 0 Å². The summed E-state index contributed by atoms with van der Waals surface area (Å²) in [6.45, 7) is 5.29. The van der Waals surface area contributed by atoms with Crippen LogP contribution in [0.4, 0.5) is 0 Å². The summed E-state index contributed by atoms with van der Waals surface area (Å²) in [7, 11) is 0. The zero-order valence-corrected chi connectivity index (χ0v) is 12.0. The average Bonchev–Trinajstić information content (AvgIpc) is 2.81. The third-order valence-corrected chi connectivity index (χ3v) is 4.06. The lowest BCUT2D eigenvalue weighted by atomic mass is 9.91. The fourth-order valence-corrected chi connectivity index (χ4v) is 2.91. The van der Waals surface area contributed by atoms with Crippen LogP contribution in [0.5, 0.6) is 0 Å². The minimum Gasteiger partial charge on any atom is -0.381 e. The van der Waals surface area contributed by atoms with Gasteiger partial charge >= 0.3 is 0 Å². The predicted octanol–water partition coefficient (Wildman–Crippen LogP) is 1.42. The van der Waals surface area contributed by atoms with Gasteiger partial charge in [0.05, 0.1) is 0 Å². The molecule has 0 radical (unpaired) electrons. The van der Waals surface area contributed by atoms with Gasteiger partial charge in [0.25, 0.3) is 0 Å². The zero-order valence-electron chi connectivity index (χ0n) is 11.1. The number of nitrogens with zero attached hydrogens (tertiary/aromatic N) is 1. The van der Waals surface area contributed by atoms with Gasteiger partial charge in [-0.2, -0.15) is 0 Å². The van der Waals surface area contributed by atoms with Crippen molar-refractivity contribution in [2.75, 3.05) is 26.3 Å². The van der Waals surface area contributed by atoms with Gasteiger partial charge in [-0.15, -0.1) is 12.4 Å². The molecule has 2 rings (SSSR count). The second kappa shape index (κ2) is 7.31. The summed E-state index contributed by atoms with van der Waals surface area (Å²) in [5.41, 5.74) is 5.78. The Bertz CT molecular complexity index is 270. The maximum absolute atomic E-state index is 12.2. The maximum atomic E-state index is 12.2. The Hall–Kier alpha value is -0.320. The van der Waals surface area contributed by atoms with Crippen molar-refractivity contribution in [3.63, 3.8) is 0 Å². The van der Waals surface area contributed by atoms with E-state index >= 15 is 0 Å². The van der Waals surface area contributed by atoms with Gasteiger partial charge in [0.2, 0.25) is 5.91 Å². The summed E-state index contributed by atoms with van der Waals surface area (Å²) >= 11 is 0. The van der Waals surface area contributed by atoms with E-state index in [0.717, 1.165) is 39.0 Å². The Labute approximate surface area is 116 Å². The molecule has 0 aromatic heterocycles. The van der Waals surface area contributed by atoms with E-state index in [-0.39, 0.29) is 24.4 Å². The molecule has 18 heavy (non-hydrogen) atoms. The highest BCUT2D eigenvalue weighted by Crippen LogP contribution is 2.25. The quantitative estimate of drug-likeness (QED) is 0.848. The Morgan fingerprint density at radius 3 is 2.83 bits per heavy atom. The standard InChI is InChI=1S/C13H24N2O2.ClH/c1-10-2-4-15(12(6-10)8-14)13(16)7-11-3-5-17-9-11;/h10-12H,2-9,14H2,1H3;1H. The summed E-state index contributed by atoms with van der Waals surface area (Å²) < 4.78 is 5.32. The first-order chi connectivity index (χ1) is 8.20. The monoisotopic (exact) mass is 276 g/mol. The summed E-state index contributed by atoms with van der Waals surface area (Å²) in [5.74, 6) is 1.41. The van der Waals surface area contributed by atoms with Gasteiger partial charge in [-0.3, -0.25) is 4.79 Å². The summed E-state index contributed by atoms with van der Waals surface area (Å²) in [6.07, 6.45) is 3.85. The molecule has 2 aliphatic rings. The van der Waals surface area contributed by atoms with Gasteiger partial charge in [0, 0.05) is 38.8 Å². The number of piperidine rings is 1. The second-order valence-electron chi connectivity index (χ2n) is 5.54. The van der Waals surface area contributed by atoms with Gasteiger partial charge in [-0.25, -0.2) is 0 Å². The molecule has 5 heteroatoms. The van der Waals surface area contributed by atoms with E-state index in [1.54, 1.807) is 0 Å². The number of likely N-dealkylation sites (tertiary alicyclic amines) is 1. The predicted molar refractivity (Wildman–Crippen MR) is 73.7 cm³/mol. The molecule has 2 heterocycles. The molecule has 1 amide bonds. The fourth-order valence-electron chi connectivity index (χ4n) is 2.91. The molecule has 3 unspecified atom stereocenters. The molecule has 0 aliphatic carbocycles. The normalized spacial score (nSPS) is 32.1. The van der Waals surface area contributed by atoms with Crippen LogP contribution < -0.4 is 5.73 Å². The second-order valence-corrected chi connectivity index (χ2v) is 5.54. The van der Waals surface area contributed by atoms with Gasteiger partial charge in [-0.05, 0) is 31.1 Å². The van der Waals surface area contributed by atoms with Gasteiger partial charge in [-0.1, -0.05) is 6.92 Å². The van der Waals surface area contributed by atoms with Crippen LogP contribution in [0.2, 0.25) is 0 Å². The van der Waals surface area contributed by atoms with Crippen LogP contribution in [0.15, 0.2) is 0 Å². The summed E-state index contributed by atoms with van der Waals surface area (Å²) in [4.78, 5) is 14.3. The van der Waals surface area contributed by atoms with Crippen LogP contribution >= 0.6 is 12.4 Å². The molecule has 2 N–H and O–H groups in total. The molecule has 0 saturated carbocycles. The molecule has 0 spiro atoms. The number of hydrogen-bond donors (Lipinski definition) is 1. The van der Waals surface area contributed by atoms with Crippen LogP contribution in [0.25, 0.3) is 0 Å². The van der Waals surface area contributed by atoms with Crippen LogP contribution in [0.3, 0.4) is 0 Å². The smallest absolute Gasteiger partial charge is 0.223 e. The van der Waals surface area contributed by atoms with E-state index in [4.69, 9.17) is 10.5 Å². The van der Waals surface area contributed by atoms with Crippen molar-refractivity contribution in [1.29, 1.82) is 0 Å². The number of halogens is 1. The van der Waals surface area contributed by atoms with Crippen molar-refractivity contribution >= 4 is 18.3 Å². The molecule has 4 nitrogen and oxygen atoms in total. The lowest BCUT2D eigenvalue weighted by Crippen LogP contribution is -2.49. The number of ether oxygens (including phenoxy) is 1. The molecule has 2 fully saturated rings. The molecular weight excluding hydrogens is 252 g/mol. The van der Waals surface area contributed by atoms with Crippen LogP contribution in [-0.4, -0.2) is 43.2 Å². The highest BCUT2D eigenvalue weighted by atomic mass is 35.5. The van der Waals surface area contributed by atoms with E-state index in [9.17, 15) is 4.79 Å². The van der Waals surface area contributed by atoms with Gasteiger partial charge < -0.3 is 15.4 Å². The van der Waals surface area contributed by atoms with Crippen molar-refractivity contribution < 1.29 is 9.53 Å².